The molecule has 1 aliphatic heterocycles. The minimum Gasteiger partial charge on any atom is -0.281 e. The second-order valence-corrected chi connectivity index (χ2v) is 4.35. The minimum atomic E-state index is 0.784. The van der Waals surface area contributed by atoms with Crippen LogP contribution in [-0.2, 0) is 0 Å². The summed E-state index contributed by atoms with van der Waals surface area (Å²) >= 11 is 0. The highest BCUT2D eigenvalue weighted by Gasteiger charge is 2.03. The van der Waals surface area contributed by atoms with E-state index in [1.165, 1.54) is 0 Å². The molecule has 0 atom stereocenters. The van der Waals surface area contributed by atoms with Gasteiger partial charge in [-0.1, -0.05) is 0 Å². The van der Waals surface area contributed by atoms with E-state index in [2.05, 4.69) is 44.2 Å². The van der Waals surface area contributed by atoms with Crippen molar-refractivity contribution < 1.29 is 0 Å². The third-order valence-corrected chi connectivity index (χ3v) is 3.19. The molecule has 0 aliphatic carbocycles. The third-order valence-electron chi connectivity index (χ3n) is 3.19. The van der Waals surface area contributed by atoms with Crippen LogP contribution in [0.2, 0.25) is 0 Å². The smallest absolute Gasteiger partial charge is 0.0893 e. The average molecular weight is 234 g/mol. The van der Waals surface area contributed by atoms with Crippen LogP contribution >= 0.6 is 0 Å². The van der Waals surface area contributed by atoms with Gasteiger partial charge in [0.1, 0.15) is 0 Å². The van der Waals surface area contributed by atoms with E-state index in [1.54, 1.807) is 12.4 Å². The third kappa shape index (κ3) is 1.39. The summed E-state index contributed by atoms with van der Waals surface area (Å²) in [6, 6.07) is 8.28. The molecule has 0 unspecified atom stereocenters. The number of aromatic nitrogens is 2. The van der Waals surface area contributed by atoms with Gasteiger partial charge < -0.3 is 0 Å². The van der Waals surface area contributed by atoms with E-state index >= 15 is 0 Å². The van der Waals surface area contributed by atoms with Gasteiger partial charge in [0.2, 0.25) is 0 Å². The zero-order valence-corrected chi connectivity index (χ0v) is 9.67. The van der Waals surface area contributed by atoms with Gasteiger partial charge in [-0.15, -0.1) is 0 Å². The molecule has 0 saturated heterocycles. The quantitative estimate of drug-likeness (QED) is 0.546. The maximum atomic E-state index is 4.49. The number of rotatable bonds is 0. The first-order chi connectivity index (χ1) is 8.90. The molecule has 1 aromatic heterocycles. The predicted molar refractivity (Wildman–Crippen MR) is 69.1 cm³/mol. The normalized spacial score (nSPS) is 14.0. The Labute approximate surface area is 103 Å². The second-order valence-electron chi connectivity index (χ2n) is 4.35. The molecule has 86 valence electrons. The average Bonchev–Trinajstić information content (AvgIpc) is 2.42. The Morgan fingerprint density at radius 3 is 1.67 bits per heavy atom. The molecule has 4 rings (SSSR count). The van der Waals surface area contributed by atoms with Crippen LogP contribution in [0.1, 0.15) is 0 Å². The van der Waals surface area contributed by atoms with Gasteiger partial charge in [0.25, 0.3) is 0 Å². The fourth-order valence-corrected chi connectivity index (χ4v) is 2.33. The van der Waals surface area contributed by atoms with Crippen molar-refractivity contribution in [3.63, 3.8) is 0 Å². The lowest BCUT2D eigenvalue weighted by atomic mass is 10.1. The topological polar surface area (TPSA) is 50.5 Å². The summed E-state index contributed by atoms with van der Waals surface area (Å²) in [5.41, 5.74) is 1.83. The van der Waals surface area contributed by atoms with E-state index in [0.29, 0.717) is 0 Å². The lowest BCUT2D eigenvalue weighted by Gasteiger charge is -2.03. The lowest BCUT2D eigenvalue weighted by molar-refractivity contribution is 0.867. The second kappa shape index (κ2) is 3.57. The van der Waals surface area contributed by atoms with Gasteiger partial charge in [0.05, 0.1) is 34.8 Å². The van der Waals surface area contributed by atoms with Crippen LogP contribution in [-0.4, -0.2) is 23.1 Å². The fourth-order valence-electron chi connectivity index (χ4n) is 2.33. The first-order valence-electron chi connectivity index (χ1n) is 5.94. The summed E-state index contributed by atoms with van der Waals surface area (Å²) in [6.07, 6.45) is 3.43. The molecule has 0 bridgehead atoms. The zero-order chi connectivity index (χ0) is 11.9. The van der Waals surface area contributed by atoms with Crippen LogP contribution in [0.15, 0.2) is 46.6 Å². The Hall–Kier alpha value is -2.36. The molecule has 2 heterocycles. The molecule has 1 aliphatic rings. The van der Waals surface area contributed by atoms with E-state index in [1.807, 2.05) is 0 Å². The fraction of sp³-hybridized carbons (Fsp3) is 0.143. The number of benzene rings is 2. The number of hydrogen-bond donors (Lipinski definition) is 0. The Balaban J connectivity index is 2.19. The van der Waals surface area contributed by atoms with Crippen LogP contribution in [0.4, 0.5) is 0 Å². The maximum Gasteiger partial charge on any atom is 0.0893 e. The highest BCUT2D eigenvalue weighted by Crippen LogP contribution is 2.17. The molecule has 18 heavy (non-hydrogen) atoms. The standard InChI is InChI=1S/C14H10N4/c1-2-16-12-6-10-8-14-13(17-3-4-18-14)7-9(10)5-11(12)15-1/h1-2,5-8H,3-4H2. The molecule has 4 heteroatoms. The van der Waals surface area contributed by atoms with E-state index in [0.717, 1.165) is 45.6 Å². The van der Waals surface area contributed by atoms with Crippen molar-refractivity contribution in [3.05, 3.63) is 47.4 Å². The van der Waals surface area contributed by atoms with Crippen LogP contribution in [0.25, 0.3) is 21.8 Å². The Kier molecular flexibility index (Phi) is 1.91. The van der Waals surface area contributed by atoms with Crippen molar-refractivity contribution in [1.82, 2.24) is 9.97 Å². The van der Waals surface area contributed by atoms with Gasteiger partial charge in [-0.25, -0.2) is 0 Å². The van der Waals surface area contributed by atoms with E-state index in [4.69, 9.17) is 0 Å². The monoisotopic (exact) mass is 234 g/mol. The van der Waals surface area contributed by atoms with Crippen LogP contribution < -0.4 is 10.7 Å². The van der Waals surface area contributed by atoms with Crippen LogP contribution in [0.5, 0.6) is 0 Å². The van der Waals surface area contributed by atoms with Crippen molar-refractivity contribution in [2.75, 3.05) is 13.1 Å². The molecular weight excluding hydrogens is 224 g/mol. The molecule has 0 spiro atoms. The minimum absolute atomic E-state index is 0.784. The van der Waals surface area contributed by atoms with Gasteiger partial charge in [-0.2, -0.15) is 0 Å². The lowest BCUT2D eigenvalue weighted by Crippen LogP contribution is -2.29. The van der Waals surface area contributed by atoms with Gasteiger partial charge in [0.15, 0.2) is 0 Å². The Morgan fingerprint density at radius 1 is 0.667 bits per heavy atom. The Bertz CT molecular complexity index is 809. The van der Waals surface area contributed by atoms with E-state index < -0.39 is 0 Å². The van der Waals surface area contributed by atoms with Gasteiger partial charge in [0, 0.05) is 12.4 Å². The predicted octanol–water partition coefficient (Wildman–Crippen LogP) is 1.04. The molecular formula is C14H10N4. The number of fused-ring (bicyclic) bond motifs is 3. The summed E-state index contributed by atoms with van der Waals surface area (Å²) in [5.74, 6) is 0. The largest absolute Gasteiger partial charge is 0.281 e. The molecule has 0 radical (unpaired) electrons. The van der Waals surface area contributed by atoms with Crippen LogP contribution in [0.3, 0.4) is 0 Å². The zero-order valence-electron chi connectivity index (χ0n) is 9.67. The highest BCUT2D eigenvalue weighted by atomic mass is 14.8. The van der Waals surface area contributed by atoms with Gasteiger partial charge in [-0.3, -0.25) is 20.0 Å². The first-order valence-corrected chi connectivity index (χ1v) is 5.94. The van der Waals surface area contributed by atoms with Crippen molar-refractivity contribution >= 4 is 21.8 Å². The number of hydrogen-bond acceptors (Lipinski definition) is 4. The molecule has 2 aromatic carbocycles. The van der Waals surface area contributed by atoms with Crippen molar-refractivity contribution in [1.29, 1.82) is 0 Å². The van der Waals surface area contributed by atoms with E-state index in [9.17, 15) is 0 Å². The summed E-state index contributed by atoms with van der Waals surface area (Å²) < 4.78 is 0. The SMILES string of the molecule is c1cnc2cc3cc4c(cc3cc2n1)=NCCN=4. The van der Waals surface area contributed by atoms with Gasteiger partial charge in [-0.05, 0) is 35.0 Å². The van der Waals surface area contributed by atoms with Crippen molar-refractivity contribution in [2.45, 2.75) is 0 Å². The molecule has 0 amide bonds. The molecule has 0 fully saturated rings. The van der Waals surface area contributed by atoms with Crippen LogP contribution in [0, 0.1) is 0 Å². The Morgan fingerprint density at radius 2 is 1.17 bits per heavy atom. The molecule has 0 N–H and O–H groups in total. The maximum absolute atomic E-state index is 4.49. The summed E-state index contributed by atoms with van der Waals surface area (Å²) in [4.78, 5) is 17.6. The first kappa shape index (κ1) is 9.65. The van der Waals surface area contributed by atoms with E-state index in [-0.39, 0.29) is 0 Å². The van der Waals surface area contributed by atoms with Gasteiger partial charge >= 0.3 is 0 Å². The summed E-state index contributed by atoms with van der Waals surface area (Å²) in [5, 5.41) is 4.25. The molecule has 3 aromatic rings. The molecule has 0 saturated carbocycles. The summed E-state index contributed by atoms with van der Waals surface area (Å²) in [6.45, 7) is 1.57. The van der Waals surface area contributed by atoms with Crippen molar-refractivity contribution in [3.8, 4) is 0 Å². The molecule has 4 nitrogen and oxygen atoms in total. The number of nitrogens with zero attached hydrogens (tertiary/aromatic N) is 4. The highest BCUT2D eigenvalue weighted by molar-refractivity contribution is 5.94. The van der Waals surface area contributed by atoms with Crippen molar-refractivity contribution in [2.24, 2.45) is 9.98 Å². The summed E-state index contributed by atoms with van der Waals surface area (Å²) in [7, 11) is 0.